The normalized spacial score (nSPS) is 19.3. The Hall–Kier alpha value is -3.23. The maximum Gasteiger partial charge on any atom is 0.320 e. The first-order chi connectivity index (χ1) is 17.5. The van der Waals surface area contributed by atoms with Gasteiger partial charge in [0.05, 0.1) is 18.3 Å². The van der Waals surface area contributed by atoms with E-state index in [0.717, 1.165) is 43.7 Å². The van der Waals surface area contributed by atoms with Crippen LogP contribution < -0.4 is 0 Å². The molecule has 0 spiro atoms. The molecule has 36 heavy (non-hydrogen) atoms. The van der Waals surface area contributed by atoms with Crippen molar-refractivity contribution in [1.82, 2.24) is 24.6 Å². The summed E-state index contributed by atoms with van der Waals surface area (Å²) in [5.74, 6) is 0.105. The van der Waals surface area contributed by atoms with Gasteiger partial charge in [-0.25, -0.2) is 4.79 Å². The average Bonchev–Trinajstić information content (AvgIpc) is 3.22. The highest BCUT2D eigenvalue weighted by molar-refractivity contribution is 5.77. The molecule has 1 aromatic heterocycles. The van der Waals surface area contributed by atoms with E-state index in [4.69, 9.17) is 0 Å². The molecule has 1 fully saturated rings. The Morgan fingerprint density at radius 1 is 1.00 bits per heavy atom. The van der Waals surface area contributed by atoms with Gasteiger partial charge in [-0.2, -0.15) is 0 Å². The summed E-state index contributed by atoms with van der Waals surface area (Å²) in [4.78, 5) is 36.7. The van der Waals surface area contributed by atoms with Crippen LogP contribution in [0.3, 0.4) is 0 Å². The number of urea groups is 1. The van der Waals surface area contributed by atoms with Gasteiger partial charge in [0.15, 0.2) is 0 Å². The zero-order chi connectivity index (χ0) is 25.1. The molecule has 3 aliphatic rings. The molecule has 0 bridgehead atoms. The van der Waals surface area contributed by atoms with Crippen LogP contribution in [-0.4, -0.2) is 93.5 Å². The molecule has 3 amide bonds. The van der Waals surface area contributed by atoms with E-state index in [9.17, 15) is 14.7 Å². The van der Waals surface area contributed by atoms with Crippen LogP contribution in [0.2, 0.25) is 0 Å². The van der Waals surface area contributed by atoms with Gasteiger partial charge in [0.25, 0.3) is 0 Å². The van der Waals surface area contributed by atoms with Crippen LogP contribution in [0, 0.1) is 0 Å². The number of amides is 3. The number of aliphatic hydroxyl groups excluding tert-OH is 1. The monoisotopic (exact) mass is 489 g/mol. The number of benzene rings is 1. The summed E-state index contributed by atoms with van der Waals surface area (Å²) < 4.78 is 0. The van der Waals surface area contributed by atoms with Crippen molar-refractivity contribution in [2.24, 2.45) is 0 Å². The van der Waals surface area contributed by atoms with Gasteiger partial charge in [0, 0.05) is 65.5 Å². The number of carbonyl (C=O) groups is 2. The summed E-state index contributed by atoms with van der Waals surface area (Å²) in [5, 5.41) is 10.7. The van der Waals surface area contributed by atoms with Crippen LogP contribution in [0.15, 0.2) is 48.7 Å². The van der Waals surface area contributed by atoms with Crippen LogP contribution in [0.1, 0.15) is 35.7 Å². The molecule has 0 radical (unpaired) electrons. The molecule has 8 nitrogen and oxygen atoms in total. The lowest BCUT2D eigenvalue weighted by Crippen LogP contribution is -2.43. The van der Waals surface area contributed by atoms with Gasteiger partial charge in [0.2, 0.25) is 5.91 Å². The smallest absolute Gasteiger partial charge is 0.320 e. The molecule has 190 valence electrons. The quantitative estimate of drug-likeness (QED) is 0.646. The minimum Gasteiger partial charge on any atom is -0.390 e. The van der Waals surface area contributed by atoms with Crippen LogP contribution in [0.25, 0.3) is 5.57 Å². The molecule has 3 aliphatic heterocycles. The lowest BCUT2D eigenvalue weighted by Gasteiger charge is -2.31. The Balaban J connectivity index is 1.10. The number of aromatic nitrogens is 1. The molecule has 1 N–H and O–H groups in total. The molecule has 5 rings (SSSR count). The summed E-state index contributed by atoms with van der Waals surface area (Å²) >= 11 is 0. The molecular weight excluding hydrogens is 454 g/mol. The van der Waals surface area contributed by atoms with Crippen molar-refractivity contribution in [3.8, 4) is 0 Å². The van der Waals surface area contributed by atoms with E-state index in [0.29, 0.717) is 39.3 Å². The fourth-order valence-corrected chi connectivity index (χ4v) is 5.39. The van der Waals surface area contributed by atoms with Crippen LogP contribution >= 0.6 is 0 Å². The van der Waals surface area contributed by atoms with Crippen molar-refractivity contribution in [2.75, 3.05) is 45.8 Å². The van der Waals surface area contributed by atoms with Crippen molar-refractivity contribution >= 4 is 17.5 Å². The zero-order valence-corrected chi connectivity index (χ0v) is 21.0. The minimum absolute atomic E-state index is 0.0387. The molecule has 0 unspecified atom stereocenters. The van der Waals surface area contributed by atoms with Crippen molar-refractivity contribution in [3.63, 3.8) is 0 Å². The number of pyridine rings is 1. The first kappa shape index (κ1) is 24.5. The van der Waals surface area contributed by atoms with E-state index >= 15 is 0 Å². The Kier molecular flexibility index (Phi) is 7.34. The van der Waals surface area contributed by atoms with Crippen molar-refractivity contribution in [2.45, 2.75) is 39.0 Å². The number of fused-ring (bicyclic) bond motifs is 1. The second kappa shape index (κ2) is 10.8. The number of nitrogens with zero attached hydrogens (tertiary/aromatic N) is 5. The predicted molar refractivity (Wildman–Crippen MR) is 138 cm³/mol. The second-order valence-electron chi connectivity index (χ2n) is 10.0. The number of carbonyl (C=O) groups excluding carboxylic acids is 2. The Bertz CT molecular complexity index is 1130. The van der Waals surface area contributed by atoms with Crippen molar-refractivity contribution < 1.29 is 14.7 Å². The molecule has 4 heterocycles. The van der Waals surface area contributed by atoms with E-state index in [-0.39, 0.29) is 11.9 Å². The number of hydrogen-bond acceptors (Lipinski definition) is 5. The zero-order valence-electron chi connectivity index (χ0n) is 21.0. The van der Waals surface area contributed by atoms with Gasteiger partial charge in [-0.3, -0.25) is 14.7 Å². The molecule has 1 atom stereocenters. The largest absolute Gasteiger partial charge is 0.390 e. The third kappa shape index (κ3) is 5.60. The fraction of sp³-hybridized carbons (Fsp3) is 0.464. The number of rotatable bonds is 7. The molecule has 1 aromatic carbocycles. The SMILES string of the molecule is CC(=O)N1CC=C(c2ccc(CN3CCN(C[C@H](O)CN4CCc5ccccc5C4)C3=O)nc2)CC1. The van der Waals surface area contributed by atoms with E-state index in [1.807, 2.05) is 17.2 Å². The molecular formula is C28H35N5O3. The Labute approximate surface area is 212 Å². The predicted octanol–water partition coefficient (Wildman–Crippen LogP) is 2.37. The van der Waals surface area contributed by atoms with Crippen LogP contribution in [0.4, 0.5) is 4.79 Å². The van der Waals surface area contributed by atoms with Crippen molar-refractivity contribution in [1.29, 1.82) is 0 Å². The second-order valence-corrected chi connectivity index (χ2v) is 10.0. The highest BCUT2D eigenvalue weighted by atomic mass is 16.3. The van der Waals surface area contributed by atoms with Gasteiger partial charge in [0.1, 0.15) is 0 Å². The summed E-state index contributed by atoms with van der Waals surface area (Å²) in [6.45, 7) is 7.40. The number of aliphatic hydroxyl groups is 1. The van der Waals surface area contributed by atoms with Gasteiger partial charge >= 0.3 is 6.03 Å². The Morgan fingerprint density at radius 3 is 2.53 bits per heavy atom. The summed E-state index contributed by atoms with van der Waals surface area (Å²) in [6, 6.07) is 12.5. The highest BCUT2D eigenvalue weighted by Crippen LogP contribution is 2.23. The summed E-state index contributed by atoms with van der Waals surface area (Å²) in [5.41, 5.74) is 5.85. The number of β-amino-alcohol motifs (C(OH)–C–C–N with tert-alkyl or cyclic N) is 1. The van der Waals surface area contributed by atoms with E-state index < -0.39 is 6.10 Å². The lowest BCUT2D eigenvalue weighted by molar-refractivity contribution is -0.128. The number of hydrogen-bond donors (Lipinski definition) is 1. The lowest BCUT2D eigenvalue weighted by atomic mass is 10.00. The van der Waals surface area contributed by atoms with E-state index in [1.165, 1.54) is 16.7 Å². The molecule has 0 saturated carbocycles. The van der Waals surface area contributed by atoms with E-state index in [2.05, 4.69) is 46.3 Å². The minimum atomic E-state index is -0.570. The third-order valence-corrected chi connectivity index (χ3v) is 7.49. The Morgan fingerprint density at radius 2 is 1.81 bits per heavy atom. The third-order valence-electron chi connectivity index (χ3n) is 7.49. The standard InChI is InChI=1S/C28H35N5O3/c1-21(34)31-12-9-23(10-13-31)24-6-7-26(29-16-24)18-32-14-15-33(28(32)36)20-27(35)19-30-11-8-22-4-2-3-5-25(22)17-30/h2-7,9,16,27,35H,8,10-15,17-20H2,1H3/t27-/m1/s1. The average molecular weight is 490 g/mol. The van der Waals surface area contributed by atoms with Gasteiger partial charge in [-0.1, -0.05) is 36.4 Å². The van der Waals surface area contributed by atoms with Crippen molar-refractivity contribution in [3.05, 3.63) is 71.1 Å². The maximum absolute atomic E-state index is 13.0. The first-order valence-corrected chi connectivity index (χ1v) is 12.9. The molecule has 8 heteroatoms. The van der Waals surface area contributed by atoms with Crippen LogP contribution in [0.5, 0.6) is 0 Å². The molecule has 2 aromatic rings. The molecule has 1 saturated heterocycles. The van der Waals surface area contributed by atoms with Gasteiger partial charge < -0.3 is 19.8 Å². The molecule has 0 aliphatic carbocycles. The topological polar surface area (TPSA) is 80.2 Å². The van der Waals surface area contributed by atoms with E-state index in [1.54, 1.807) is 16.7 Å². The highest BCUT2D eigenvalue weighted by Gasteiger charge is 2.30. The van der Waals surface area contributed by atoms with Crippen LogP contribution in [-0.2, 0) is 24.3 Å². The maximum atomic E-state index is 13.0. The van der Waals surface area contributed by atoms with Gasteiger partial charge in [-0.05, 0) is 41.2 Å². The fourth-order valence-electron chi connectivity index (χ4n) is 5.39. The van der Waals surface area contributed by atoms with Gasteiger partial charge in [-0.15, -0.1) is 0 Å². The first-order valence-electron chi connectivity index (χ1n) is 12.9. The summed E-state index contributed by atoms with van der Waals surface area (Å²) in [6.07, 6.45) is 5.21. The summed E-state index contributed by atoms with van der Waals surface area (Å²) in [7, 11) is 0.